The highest BCUT2D eigenvalue weighted by Crippen LogP contribution is 2.29. The lowest BCUT2D eigenvalue weighted by Gasteiger charge is -2.17. The van der Waals surface area contributed by atoms with Crippen LogP contribution in [-0.4, -0.2) is 20.2 Å². The summed E-state index contributed by atoms with van der Waals surface area (Å²) >= 11 is 0. The number of carbonyl (C=O) groups is 2. The van der Waals surface area contributed by atoms with Crippen molar-refractivity contribution >= 4 is 33.2 Å². The number of hydrogen-bond donors (Lipinski definition) is 1. The lowest BCUT2D eigenvalue weighted by Crippen LogP contribution is -2.29. The van der Waals surface area contributed by atoms with Gasteiger partial charge in [-0.1, -0.05) is 12.1 Å². The maximum absolute atomic E-state index is 13.7. The third-order valence-electron chi connectivity index (χ3n) is 3.89. The van der Waals surface area contributed by atoms with E-state index in [4.69, 9.17) is 0 Å². The van der Waals surface area contributed by atoms with E-state index in [9.17, 15) is 22.4 Å². The zero-order valence-corrected chi connectivity index (χ0v) is 14.1. The van der Waals surface area contributed by atoms with Crippen molar-refractivity contribution in [1.82, 2.24) is 0 Å². The third kappa shape index (κ3) is 3.25. The average Bonchev–Trinajstić information content (AvgIpc) is 2.88. The number of hydrogen-bond acceptors (Lipinski definition) is 4. The van der Waals surface area contributed by atoms with Gasteiger partial charge in [-0.15, -0.1) is 0 Å². The average molecular weight is 362 g/mol. The fourth-order valence-corrected chi connectivity index (χ4v) is 3.79. The molecule has 6 nitrogen and oxygen atoms in total. The zero-order chi connectivity index (χ0) is 18.2. The van der Waals surface area contributed by atoms with E-state index in [1.54, 1.807) is 6.92 Å². The molecule has 3 rings (SSSR count). The summed E-state index contributed by atoms with van der Waals surface area (Å²) in [5.74, 6) is -1.31. The number of amides is 2. The Kier molecular flexibility index (Phi) is 4.30. The van der Waals surface area contributed by atoms with E-state index in [-0.39, 0.29) is 35.2 Å². The van der Waals surface area contributed by atoms with Crippen LogP contribution < -0.4 is 9.62 Å². The summed E-state index contributed by atoms with van der Waals surface area (Å²) in [6.45, 7) is 1.61. The number of nitrogens with zero attached hydrogens (tertiary/aromatic N) is 1. The third-order valence-corrected chi connectivity index (χ3v) is 5.25. The van der Waals surface area contributed by atoms with Gasteiger partial charge in [0, 0.05) is 12.8 Å². The van der Waals surface area contributed by atoms with Crippen LogP contribution in [0.3, 0.4) is 0 Å². The van der Waals surface area contributed by atoms with E-state index >= 15 is 0 Å². The number of halogens is 1. The molecule has 0 aromatic heterocycles. The molecule has 25 heavy (non-hydrogen) atoms. The molecular weight excluding hydrogens is 347 g/mol. The van der Waals surface area contributed by atoms with E-state index in [1.807, 2.05) is 0 Å². The van der Waals surface area contributed by atoms with Crippen LogP contribution in [0.2, 0.25) is 0 Å². The van der Waals surface area contributed by atoms with Crippen molar-refractivity contribution in [2.24, 2.45) is 0 Å². The van der Waals surface area contributed by atoms with Crippen LogP contribution in [0.4, 0.5) is 15.8 Å². The minimum absolute atomic E-state index is 0.0869. The molecule has 0 atom stereocenters. The smallest absolute Gasteiger partial charge is 0.261 e. The maximum Gasteiger partial charge on any atom is 0.261 e. The summed E-state index contributed by atoms with van der Waals surface area (Å²) in [6, 6.07) is 9.47. The quantitative estimate of drug-likeness (QED) is 0.848. The molecule has 0 saturated carbocycles. The van der Waals surface area contributed by atoms with E-state index in [0.29, 0.717) is 11.3 Å². The molecule has 8 heteroatoms. The van der Waals surface area contributed by atoms with Gasteiger partial charge in [-0.05, 0) is 42.8 Å². The number of para-hydroxylation sites is 1. The van der Waals surface area contributed by atoms with Crippen molar-refractivity contribution in [2.45, 2.75) is 24.7 Å². The topological polar surface area (TPSA) is 83.6 Å². The lowest BCUT2D eigenvalue weighted by molar-refractivity contribution is -0.121. The van der Waals surface area contributed by atoms with E-state index < -0.39 is 15.8 Å². The fraction of sp³-hybridized carbons (Fsp3) is 0.176. The van der Waals surface area contributed by atoms with Gasteiger partial charge >= 0.3 is 0 Å². The highest BCUT2D eigenvalue weighted by atomic mass is 32.2. The van der Waals surface area contributed by atoms with Crippen molar-refractivity contribution in [2.75, 3.05) is 9.62 Å². The Hall–Kier alpha value is -2.74. The van der Waals surface area contributed by atoms with Crippen molar-refractivity contribution in [1.29, 1.82) is 0 Å². The second kappa shape index (κ2) is 6.29. The molecule has 2 aromatic rings. The Bertz CT molecular complexity index is 956. The van der Waals surface area contributed by atoms with Crippen molar-refractivity contribution in [3.63, 3.8) is 0 Å². The molecule has 130 valence electrons. The monoisotopic (exact) mass is 362 g/mol. The summed E-state index contributed by atoms with van der Waals surface area (Å²) < 4.78 is 40.7. The van der Waals surface area contributed by atoms with Crippen LogP contribution in [0.5, 0.6) is 0 Å². The molecule has 0 unspecified atom stereocenters. The summed E-state index contributed by atoms with van der Waals surface area (Å²) in [4.78, 5) is 24.6. The number of sulfonamides is 1. The predicted octanol–water partition coefficient (Wildman–Crippen LogP) is 2.59. The Morgan fingerprint density at radius 3 is 2.28 bits per heavy atom. The Morgan fingerprint density at radius 2 is 1.68 bits per heavy atom. The summed E-state index contributed by atoms with van der Waals surface area (Å²) in [5, 5.41) is 0. The number of rotatable bonds is 4. The minimum atomic E-state index is -4.00. The molecule has 0 spiro atoms. The highest BCUT2D eigenvalue weighted by molar-refractivity contribution is 7.92. The first kappa shape index (κ1) is 17.1. The minimum Gasteiger partial charge on any atom is -0.277 e. The van der Waals surface area contributed by atoms with Gasteiger partial charge < -0.3 is 0 Å². The van der Waals surface area contributed by atoms with Gasteiger partial charge in [0.25, 0.3) is 10.0 Å². The van der Waals surface area contributed by atoms with E-state index in [1.165, 1.54) is 36.4 Å². The standard InChI is InChI=1S/C17H15FN2O4S/c1-11-10-12(6-7-15(11)20-16(21)8-9-17(20)22)25(23,24)19-14-5-3-2-4-13(14)18/h2-7,10,19H,8-9H2,1H3. The van der Waals surface area contributed by atoms with Crippen LogP contribution in [0.25, 0.3) is 0 Å². The Morgan fingerprint density at radius 1 is 1.04 bits per heavy atom. The number of nitrogens with one attached hydrogen (secondary N) is 1. The Labute approximate surface area is 144 Å². The number of imide groups is 1. The van der Waals surface area contributed by atoms with E-state index in [0.717, 1.165) is 11.0 Å². The second-order valence-corrected chi connectivity index (χ2v) is 7.34. The van der Waals surface area contributed by atoms with Crippen molar-refractivity contribution in [3.8, 4) is 0 Å². The first-order valence-corrected chi connectivity index (χ1v) is 9.02. The van der Waals surface area contributed by atoms with Gasteiger partial charge in [-0.3, -0.25) is 19.2 Å². The second-order valence-electron chi connectivity index (χ2n) is 5.66. The molecule has 2 aromatic carbocycles. The van der Waals surface area contributed by atoms with Crippen molar-refractivity contribution < 1.29 is 22.4 Å². The first-order valence-electron chi connectivity index (χ1n) is 7.53. The van der Waals surface area contributed by atoms with Crippen LogP contribution in [0.1, 0.15) is 18.4 Å². The SMILES string of the molecule is Cc1cc(S(=O)(=O)Nc2ccccc2F)ccc1N1C(=O)CCC1=O. The van der Waals surface area contributed by atoms with Gasteiger partial charge in [0.1, 0.15) is 5.82 Å². The molecule has 1 aliphatic heterocycles. The largest absolute Gasteiger partial charge is 0.277 e. The number of carbonyl (C=O) groups excluding carboxylic acids is 2. The number of aryl methyl sites for hydroxylation is 1. The Balaban J connectivity index is 1.93. The van der Waals surface area contributed by atoms with Gasteiger partial charge in [0.15, 0.2) is 0 Å². The first-order chi connectivity index (χ1) is 11.8. The fourth-order valence-electron chi connectivity index (χ4n) is 2.64. The highest BCUT2D eigenvalue weighted by Gasteiger charge is 2.31. The van der Waals surface area contributed by atoms with Gasteiger partial charge in [0.2, 0.25) is 11.8 Å². The molecule has 2 amide bonds. The summed E-state index contributed by atoms with van der Waals surface area (Å²) in [6.07, 6.45) is 0.292. The van der Waals surface area contributed by atoms with Crippen LogP contribution >= 0.6 is 0 Å². The van der Waals surface area contributed by atoms with Crippen LogP contribution in [0.15, 0.2) is 47.4 Å². The molecule has 1 fully saturated rings. The molecule has 1 aliphatic rings. The van der Waals surface area contributed by atoms with E-state index in [2.05, 4.69) is 4.72 Å². The summed E-state index contributed by atoms with van der Waals surface area (Å²) in [7, 11) is -4.00. The number of benzene rings is 2. The van der Waals surface area contributed by atoms with Gasteiger partial charge in [-0.25, -0.2) is 12.8 Å². The molecule has 1 heterocycles. The molecule has 1 saturated heterocycles. The number of anilines is 2. The zero-order valence-electron chi connectivity index (χ0n) is 13.3. The van der Waals surface area contributed by atoms with Gasteiger partial charge in [-0.2, -0.15) is 0 Å². The molecule has 0 aliphatic carbocycles. The maximum atomic E-state index is 13.7. The van der Waals surface area contributed by atoms with Crippen molar-refractivity contribution in [3.05, 3.63) is 53.8 Å². The van der Waals surface area contributed by atoms with Crippen LogP contribution in [-0.2, 0) is 19.6 Å². The molecule has 1 N–H and O–H groups in total. The van der Waals surface area contributed by atoms with Crippen LogP contribution in [0, 0.1) is 12.7 Å². The predicted molar refractivity (Wildman–Crippen MR) is 90.1 cm³/mol. The molecule has 0 radical (unpaired) electrons. The molecule has 0 bridgehead atoms. The summed E-state index contributed by atoms with van der Waals surface area (Å²) in [5.41, 5.74) is 0.659. The lowest BCUT2D eigenvalue weighted by atomic mass is 10.2. The normalized spacial score (nSPS) is 14.9. The van der Waals surface area contributed by atoms with Gasteiger partial charge in [0.05, 0.1) is 16.3 Å². The molecular formula is C17H15FN2O4S.